The number of nitrogens with zero attached hydrogens (tertiary/aromatic N) is 2. The van der Waals surface area contributed by atoms with Gasteiger partial charge in [0.1, 0.15) is 11.5 Å². The number of aromatic nitrogens is 2. The highest BCUT2D eigenvalue weighted by Gasteiger charge is 2.13. The van der Waals surface area contributed by atoms with Gasteiger partial charge in [-0.2, -0.15) is 0 Å². The number of hydrogen-bond acceptors (Lipinski definition) is 5. The molecule has 14 heavy (non-hydrogen) atoms. The number of phenolic OH excluding ortho intramolecular Hbond substituents is 2. The summed E-state index contributed by atoms with van der Waals surface area (Å²) >= 11 is 3.35. The van der Waals surface area contributed by atoms with E-state index in [9.17, 15) is 10.2 Å². The number of aromatic hydroxyl groups is 2. The molecule has 6 heteroatoms. The van der Waals surface area contributed by atoms with E-state index in [-0.39, 0.29) is 11.5 Å². The molecule has 4 nitrogen and oxygen atoms in total. The SMILES string of the molecule is Oc1cccc(O)c1-c1nnc(I)s1. The van der Waals surface area contributed by atoms with Crippen molar-refractivity contribution in [2.45, 2.75) is 0 Å². The second kappa shape index (κ2) is 3.70. The Bertz CT molecular complexity index is 452. The van der Waals surface area contributed by atoms with E-state index in [1.54, 1.807) is 6.07 Å². The first kappa shape index (κ1) is 9.66. The summed E-state index contributed by atoms with van der Waals surface area (Å²) in [5.41, 5.74) is 0.341. The van der Waals surface area contributed by atoms with Crippen molar-refractivity contribution in [3.05, 3.63) is 21.2 Å². The summed E-state index contributed by atoms with van der Waals surface area (Å²) in [6, 6.07) is 4.58. The van der Waals surface area contributed by atoms with Crippen molar-refractivity contribution in [1.82, 2.24) is 10.2 Å². The fourth-order valence-corrected chi connectivity index (χ4v) is 2.42. The monoisotopic (exact) mass is 320 g/mol. The lowest BCUT2D eigenvalue weighted by Crippen LogP contribution is -1.79. The van der Waals surface area contributed by atoms with E-state index in [1.165, 1.54) is 23.5 Å². The maximum absolute atomic E-state index is 9.53. The minimum Gasteiger partial charge on any atom is -0.507 e. The van der Waals surface area contributed by atoms with E-state index in [0.29, 0.717) is 10.6 Å². The standard InChI is InChI=1S/C8H5IN2O2S/c9-8-11-10-7(14-8)6-4(12)2-1-3-5(6)13/h1-3,12-13H. The highest BCUT2D eigenvalue weighted by molar-refractivity contribution is 14.1. The smallest absolute Gasteiger partial charge is 0.178 e. The van der Waals surface area contributed by atoms with Gasteiger partial charge in [-0.1, -0.05) is 17.4 Å². The van der Waals surface area contributed by atoms with Crippen LogP contribution in [-0.4, -0.2) is 20.4 Å². The van der Waals surface area contributed by atoms with Gasteiger partial charge >= 0.3 is 0 Å². The molecular formula is C8H5IN2O2S. The van der Waals surface area contributed by atoms with Crippen LogP contribution in [0.15, 0.2) is 18.2 Å². The third kappa shape index (κ3) is 1.67. The largest absolute Gasteiger partial charge is 0.507 e. The molecule has 0 aliphatic carbocycles. The summed E-state index contributed by atoms with van der Waals surface area (Å²) in [4.78, 5) is 0. The lowest BCUT2D eigenvalue weighted by molar-refractivity contribution is 0.454. The molecule has 0 unspecified atom stereocenters. The summed E-state index contributed by atoms with van der Waals surface area (Å²) in [5, 5.41) is 27.2. The maximum Gasteiger partial charge on any atom is 0.178 e. The molecule has 0 aliphatic rings. The number of benzene rings is 1. The molecule has 2 rings (SSSR count). The van der Waals surface area contributed by atoms with E-state index in [0.717, 1.165) is 3.01 Å². The van der Waals surface area contributed by atoms with Crippen LogP contribution in [-0.2, 0) is 0 Å². The minimum absolute atomic E-state index is 0.0116. The van der Waals surface area contributed by atoms with Crippen molar-refractivity contribution in [2.24, 2.45) is 0 Å². The number of hydrogen-bond donors (Lipinski definition) is 2. The molecule has 1 aromatic carbocycles. The highest BCUT2D eigenvalue weighted by Crippen LogP contribution is 2.38. The molecule has 0 saturated heterocycles. The van der Waals surface area contributed by atoms with Crippen LogP contribution in [0.4, 0.5) is 0 Å². The van der Waals surface area contributed by atoms with Gasteiger partial charge in [0, 0.05) is 0 Å². The first-order valence-corrected chi connectivity index (χ1v) is 5.58. The van der Waals surface area contributed by atoms with Gasteiger partial charge in [0.25, 0.3) is 0 Å². The maximum atomic E-state index is 9.53. The minimum atomic E-state index is 0.0116. The molecule has 72 valence electrons. The first-order chi connectivity index (χ1) is 6.68. The van der Waals surface area contributed by atoms with Crippen LogP contribution in [0, 0.1) is 3.01 Å². The molecule has 1 heterocycles. The molecule has 0 spiro atoms. The van der Waals surface area contributed by atoms with Gasteiger partial charge in [0.15, 0.2) is 8.02 Å². The van der Waals surface area contributed by atoms with Crippen LogP contribution in [0.1, 0.15) is 0 Å². The topological polar surface area (TPSA) is 66.2 Å². The van der Waals surface area contributed by atoms with Crippen molar-refractivity contribution < 1.29 is 10.2 Å². The summed E-state index contributed by atoms with van der Waals surface area (Å²) < 4.78 is 0.764. The zero-order valence-corrected chi connectivity index (χ0v) is 9.78. The Morgan fingerprint density at radius 2 is 1.79 bits per heavy atom. The fraction of sp³-hybridized carbons (Fsp3) is 0. The average Bonchev–Trinajstić information content (AvgIpc) is 2.51. The molecule has 0 bridgehead atoms. The van der Waals surface area contributed by atoms with Gasteiger partial charge in [0.05, 0.1) is 5.56 Å². The molecule has 0 aliphatic heterocycles. The molecule has 0 fully saturated rings. The summed E-state index contributed by atoms with van der Waals surface area (Å²) in [7, 11) is 0. The van der Waals surface area contributed by atoms with Crippen LogP contribution < -0.4 is 0 Å². The Morgan fingerprint density at radius 1 is 1.14 bits per heavy atom. The Balaban J connectivity index is 2.61. The van der Waals surface area contributed by atoms with Gasteiger partial charge in [0.2, 0.25) is 0 Å². The Hall–Kier alpha value is -0.890. The van der Waals surface area contributed by atoms with Crippen molar-refractivity contribution in [3.63, 3.8) is 0 Å². The van der Waals surface area contributed by atoms with Crippen LogP contribution in [0.2, 0.25) is 0 Å². The van der Waals surface area contributed by atoms with Crippen LogP contribution in [0.3, 0.4) is 0 Å². The van der Waals surface area contributed by atoms with Gasteiger partial charge < -0.3 is 10.2 Å². The van der Waals surface area contributed by atoms with Crippen LogP contribution in [0.5, 0.6) is 11.5 Å². The molecule has 0 amide bonds. The number of phenols is 2. The van der Waals surface area contributed by atoms with E-state index < -0.39 is 0 Å². The molecular weight excluding hydrogens is 315 g/mol. The summed E-state index contributed by atoms with van der Waals surface area (Å²) in [6.07, 6.45) is 0. The molecule has 0 atom stereocenters. The van der Waals surface area contributed by atoms with Crippen LogP contribution in [0.25, 0.3) is 10.6 Å². The fourth-order valence-electron chi connectivity index (χ4n) is 1.05. The summed E-state index contributed by atoms with van der Waals surface area (Å²) in [6.45, 7) is 0. The number of rotatable bonds is 1. The Labute approximate surface area is 97.4 Å². The Kier molecular flexibility index (Phi) is 2.55. The average molecular weight is 320 g/mol. The van der Waals surface area contributed by atoms with E-state index >= 15 is 0 Å². The normalized spacial score (nSPS) is 10.4. The van der Waals surface area contributed by atoms with E-state index in [4.69, 9.17) is 0 Å². The van der Waals surface area contributed by atoms with Crippen molar-refractivity contribution in [1.29, 1.82) is 0 Å². The lowest BCUT2D eigenvalue weighted by atomic mass is 10.2. The highest BCUT2D eigenvalue weighted by atomic mass is 127. The first-order valence-electron chi connectivity index (χ1n) is 3.69. The molecule has 1 aromatic heterocycles. The zero-order chi connectivity index (χ0) is 10.1. The van der Waals surface area contributed by atoms with Crippen LogP contribution >= 0.6 is 33.9 Å². The Morgan fingerprint density at radius 3 is 2.29 bits per heavy atom. The predicted molar refractivity (Wildman–Crippen MR) is 61.4 cm³/mol. The molecule has 0 saturated carbocycles. The van der Waals surface area contributed by atoms with Crippen molar-refractivity contribution in [2.75, 3.05) is 0 Å². The third-order valence-electron chi connectivity index (χ3n) is 1.63. The van der Waals surface area contributed by atoms with Gasteiger partial charge in [-0.05, 0) is 34.7 Å². The van der Waals surface area contributed by atoms with Gasteiger partial charge in [-0.15, -0.1) is 10.2 Å². The van der Waals surface area contributed by atoms with Crippen molar-refractivity contribution in [3.8, 4) is 22.1 Å². The number of halogens is 1. The van der Waals surface area contributed by atoms with Gasteiger partial charge in [-0.25, -0.2) is 0 Å². The zero-order valence-electron chi connectivity index (χ0n) is 6.81. The second-order valence-electron chi connectivity index (χ2n) is 2.53. The quantitative estimate of drug-likeness (QED) is 0.791. The predicted octanol–water partition coefficient (Wildman–Crippen LogP) is 2.22. The molecule has 0 radical (unpaired) electrons. The third-order valence-corrected chi connectivity index (χ3v) is 3.24. The van der Waals surface area contributed by atoms with E-state index in [1.807, 2.05) is 22.6 Å². The lowest BCUT2D eigenvalue weighted by Gasteiger charge is -2.01. The van der Waals surface area contributed by atoms with E-state index in [2.05, 4.69) is 10.2 Å². The van der Waals surface area contributed by atoms with Crippen molar-refractivity contribution >= 4 is 33.9 Å². The molecule has 2 N–H and O–H groups in total. The molecule has 2 aromatic rings. The van der Waals surface area contributed by atoms with Gasteiger partial charge in [-0.3, -0.25) is 0 Å². The summed E-state index contributed by atoms with van der Waals surface area (Å²) in [5.74, 6) is 0.0232. The second-order valence-corrected chi connectivity index (χ2v) is 5.26.